The van der Waals surface area contributed by atoms with E-state index in [1.807, 2.05) is 54.6 Å². The van der Waals surface area contributed by atoms with E-state index in [1.54, 1.807) is 18.2 Å². The normalized spacial score (nSPS) is 20.9. The van der Waals surface area contributed by atoms with Gasteiger partial charge in [0.1, 0.15) is 5.75 Å². The first-order valence-electron chi connectivity index (χ1n) is 12.6. The lowest BCUT2D eigenvalue weighted by molar-refractivity contribution is 0.0192. The van der Waals surface area contributed by atoms with Crippen LogP contribution in [0.3, 0.4) is 0 Å². The van der Waals surface area contributed by atoms with Crippen molar-refractivity contribution >= 4 is 16.7 Å². The molecule has 5 nitrogen and oxygen atoms in total. The molecule has 2 atom stereocenters. The molecule has 182 valence electrons. The number of hydrogen-bond acceptors (Lipinski definition) is 4. The van der Waals surface area contributed by atoms with Gasteiger partial charge in [0, 0.05) is 23.1 Å². The molecule has 1 amide bonds. The highest BCUT2D eigenvalue weighted by atomic mass is 16.3. The number of carbonyl (C=O) groups excluding carboxylic acids is 1. The predicted molar refractivity (Wildman–Crippen MR) is 141 cm³/mol. The average Bonchev–Trinajstić information content (AvgIpc) is 3.14. The molecular formula is C31H30N2O3. The van der Waals surface area contributed by atoms with E-state index in [4.69, 9.17) is 0 Å². The van der Waals surface area contributed by atoms with Gasteiger partial charge in [-0.15, -0.1) is 0 Å². The van der Waals surface area contributed by atoms with E-state index >= 15 is 0 Å². The Labute approximate surface area is 211 Å². The highest BCUT2D eigenvalue weighted by Crippen LogP contribution is 2.51. The van der Waals surface area contributed by atoms with Crippen LogP contribution in [-0.4, -0.2) is 40.2 Å². The zero-order chi connectivity index (χ0) is 24.7. The van der Waals surface area contributed by atoms with Gasteiger partial charge in [0.25, 0.3) is 5.91 Å². The molecule has 6 rings (SSSR count). The van der Waals surface area contributed by atoms with E-state index in [-0.39, 0.29) is 5.91 Å². The van der Waals surface area contributed by atoms with E-state index in [0.29, 0.717) is 17.9 Å². The number of carbonyl (C=O) groups is 1. The Balaban J connectivity index is 1.24. The number of fused-ring (bicyclic) bond motifs is 3. The molecular weight excluding hydrogens is 448 g/mol. The monoisotopic (exact) mass is 478 g/mol. The minimum atomic E-state index is -0.698. The van der Waals surface area contributed by atoms with Crippen LogP contribution in [0.5, 0.6) is 5.75 Å². The van der Waals surface area contributed by atoms with E-state index in [9.17, 15) is 15.0 Å². The molecule has 1 aliphatic carbocycles. The molecule has 36 heavy (non-hydrogen) atoms. The van der Waals surface area contributed by atoms with Crippen LogP contribution in [0.25, 0.3) is 10.8 Å². The summed E-state index contributed by atoms with van der Waals surface area (Å²) in [6.07, 6.45) is 0.874. The maximum absolute atomic E-state index is 13.0. The summed E-state index contributed by atoms with van der Waals surface area (Å²) in [5.41, 5.74) is 3.29. The number of aliphatic hydroxyl groups is 1. The van der Waals surface area contributed by atoms with Crippen LogP contribution in [0.1, 0.15) is 45.9 Å². The van der Waals surface area contributed by atoms with Gasteiger partial charge in [0.05, 0.1) is 12.1 Å². The molecule has 0 aromatic heterocycles. The van der Waals surface area contributed by atoms with Gasteiger partial charge in [-0.25, -0.2) is 0 Å². The molecule has 4 aromatic rings. The molecule has 2 aliphatic rings. The minimum absolute atomic E-state index is 0.171. The third-order valence-corrected chi connectivity index (χ3v) is 8.18. The topological polar surface area (TPSA) is 72.8 Å². The summed E-state index contributed by atoms with van der Waals surface area (Å²) in [4.78, 5) is 15.3. The lowest BCUT2D eigenvalue weighted by atomic mass is 9.72. The quantitative estimate of drug-likeness (QED) is 0.389. The SMILES string of the molecule is O=C(N[C@@H]1c2ccccc2C2(CCN(Cc3c(O)ccc4ccccc34)CC2)[C@H]1O)c1ccccc1. The summed E-state index contributed by atoms with van der Waals surface area (Å²) in [6, 6.07) is 28.7. The highest BCUT2D eigenvalue weighted by Gasteiger charge is 2.52. The number of likely N-dealkylation sites (tertiary alicyclic amines) is 1. The maximum Gasteiger partial charge on any atom is 0.251 e. The first-order valence-corrected chi connectivity index (χ1v) is 12.6. The number of phenols is 1. The van der Waals surface area contributed by atoms with Crippen LogP contribution in [0.15, 0.2) is 91.0 Å². The number of hydrogen-bond donors (Lipinski definition) is 3. The van der Waals surface area contributed by atoms with E-state index in [2.05, 4.69) is 28.4 Å². The summed E-state index contributed by atoms with van der Waals surface area (Å²) in [5, 5.41) is 27.6. The lowest BCUT2D eigenvalue weighted by Crippen LogP contribution is -2.49. The Bertz CT molecular complexity index is 1410. The molecule has 0 bridgehead atoms. The van der Waals surface area contributed by atoms with Gasteiger partial charge in [-0.2, -0.15) is 0 Å². The number of benzene rings is 4. The molecule has 1 heterocycles. The first-order chi connectivity index (χ1) is 17.6. The van der Waals surface area contributed by atoms with Crippen molar-refractivity contribution in [3.8, 4) is 5.75 Å². The molecule has 1 saturated heterocycles. The lowest BCUT2D eigenvalue weighted by Gasteiger charge is -2.43. The number of piperidine rings is 1. The molecule has 1 fully saturated rings. The zero-order valence-corrected chi connectivity index (χ0v) is 20.1. The van der Waals surface area contributed by atoms with Crippen molar-refractivity contribution in [3.63, 3.8) is 0 Å². The fourth-order valence-electron chi connectivity index (χ4n) is 6.23. The van der Waals surface area contributed by atoms with Crippen LogP contribution in [0.4, 0.5) is 0 Å². The number of aliphatic hydroxyl groups excluding tert-OH is 1. The molecule has 1 aliphatic heterocycles. The number of aromatic hydroxyl groups is 1. The third-order valence-electron chi connectivity index (χ3n) is 8.18. The first kappa shape index (κ1) is 22.8. The summed E-state index contributed by atoms with van der Waals surface area (Å²) >= 11 is 0. The third kappa shape index (κ3) is 3.76. The summed E-state index contributed by atoms with van der Waals surface area (Å²) in [5.74, 6) is 0.152. The van der Waals surface area contributed by atoms with Gasteiger partial charge in [-0.05, 0) is 66.0 Å². The average molecular weight is 479 g/mol. The smallest absolute Gasteiger partial charge is 0.251 e. The number of phenolic OH excluding ortho intramolecular Hbond substituents is 1. The van der Waals surface area contributed by atoms with Gasteiger partial charge in [0.15, 0.2) is 0 Å². The second-order valence-electron chi connectivity index (χ2n) is 10.1. The Kier molecular flexibility index (Phi) is 5.75. The minimum Gasteiger partial charge on any atom is -0.508 e. The largest absolute Gasteiger partial charge is 0.508 e. The van der Waals surface area contributed by atoms with Crippen LogP contribution in [0.2, 0.25) is 0 Å². The van der Waals surface area contributed by atoms with Gasteiger partial charge >= 0.3 is 0 Å². The van der Waals surface area contributed by atoms with Crippen LogP contribution in [-0.2, 0) is 12.0 Å². The molecule has 5 heteroatoms. The van der Waals surface area contributed by atoms with Crippen molar-refractivity contribution in [3.05, 3.63) is 113 Å². The van der Waals surface area contributed by atoms with Crippen LogP contribution in [0, 0.1) is 0 Å². The summed E-state index contributed by atoms with van der Waals surface area (Å²) < 4.78 is 0. The number of rotatable bonds is 4. The van der Waals surface area contributed by atoms with Crippen molar-refractivity contribution in [2.45, 2.75) is 36.9 Å². The fourth-order valence-corrected chi connectivity index (χ4v) is 6.23. The van der Waals surface area contributed by atoms with Crippen molar-refractivity contribution in [1.82, 2.24) is 10.2 Å². The second kappa shape index (κ2) is 9.08. The Morgan fingerprint density at radius 1 is 0.889 bits per heavy atom. The van der Waals surface area contributed by atoms with E-state index in [1.165, 1.54) is 0 Å². The van der Waals surface area contributed by atoms with Crippen molar-refractivity contribution in [1.29, 1.82) is 0 Å². The van der Waals surface area contributed by atoms with Crippen molar-refractivity contribution in [2.24, 2.45) is 0 Å². The summed E-state index contributed by atoms with van der Waals surface area (Å²) in [7, 11) is 0. The fraction of sp³-hybridized carbons (Fsp3) is 0.258. The van der Waals surface area contributed by atoms with Gasteiger partial charge in [-0.3, -0.25) is 9.69 Å². The highest BCUT2D eigenvalue weighted by molar-refractivity contribution is 5.94. The van der Waals surface area contributed by atoms with Crippen molar-refractivity contribution in [2.75, 3.05) is 13.1 Å². The van der Waals surface area contributed by atoms with Crippen molar-refractivity contribution < 1.29 is 15.0 Å². The Morgan fingerprint density at radius 2 is 1.58 bits per heavy atom. The molecule has 0 unspecified atom stereocenters. The maximum atomic E-state index is 13.0. The molecule has 3 N–H and O–H groups in total. The Morgan fingerprint density at radius 3 is 2.39 bits per heavy atom. The predicted octanol–water partition coefficient (Wildman–Crippen LogP) is 4.92. The second-order valence-corrected chi connectivity index (χ2v) is 10.1. The van der Waals surface area contributed by atoms with Gasteiger partial charge in [-0.1, -0.05) is 72.8 Å². The van der Waals surface area contributed by atoms with Crippen LogP contribution >= 0.6 is 0 Å². The van der Waals surface area contributed by atoms with Crippen LogP contribution < -0.4 is 5.32 Å². The van der Waals surface area contributed by atoms with E-state index in [0.717, 1.165) is 53.4 Å². The number of amides is 1. The molecule has 4 aromatic carbocycles. The Hall–Kier alpha value is -3.67. The van der Waals surface area contributed by atoms with E-state index < -0.39 is 17.6 Å². The molecule has 0 saturated carbocycles. The number of nitrogens with one attached hydrogen (secondary N) is 1. The molecule has 0 radical (unpaired) electrons. The van der Waals surface area contributed by atoms with Gasteiger partial charge in [0.2, 0.25) is 0 Å². The number of nitrogens with zero attached hydrogens (tertiary/aromatic N) is 1. The standard InChI is InChI=1S/C31H30N2O3/c34-27-15-14-21-8-4-5-11-23(21)25(27)20-33-18-16-31(17-19-33)26-13-7-6-12-24(26)28(29(31)35)32-30(36)22-9-2-1-3-10-22/h1-15,28-29,34-35H,16-20H2,(H,32,36)/t28-,29+/m1/s1. The molecule has 1 spiro atoms. The van der Waals surface area contributed by atoms with Gasteiger partial charge < -0.3 is 15.5 Å². The zero-order valence-electron chi connectivity index (χ0n) is 20.1. The summed E-state index contributed by atoms with van der Waals surface area (Å²) in [6.45, 7) is 2.26.